The molecule has 0 N–H and O–H groups in total. The number of rotatable bonds is 15. The first kappa shape index (κ1) is 45.7. The molecule has 416 valence electrons. The lowest BCUT2D eigenvalue weighted by molar-refractivity contribution is 0.954. The van der Waals surface area contributed by atoms with Gasteiger partial charge in [0, 0.05) is 21.9 Å². The third kappa shape index (κ3) is 9.14. The highest BCUT2D eigenvalue weighted by atomic mass is 28.3. The van der Waals surface area contributed by atoms with E-state index in [-0.39, 0.29) is 39.4 Å². The molecule has 15 aromatic rings. The maximum atomic E-state index is 9.77. The predicted molar refractivity (Wildman–Crippen MR) is 376 cm³/mol. The highest BCUT2D eigenvalue weighted by Crippen LogP contribution is 2.33. The number of hydrogen-bond acceptors (Lipinski definition) is 3. The summed E-state index contributed by atoms with van der Waals surface area (Å²) in [5.74, 6) is 0.315. The molecule has 0 amide bonds. The summed E-state index contributed by atoms with van der Waals surface area (Å²) in [5.41, 5.74) is 1.02. The van der Waals surface area contributed by atoms with Crippen molar-refractivity contribution >= 4 is 108 Å². The second-order valence-electron chi connectivity index (χ2n) is 22.0. The van der Waals surface area contributed by atoms with Gasteiger partial charge in [0.15, 0.2) is 35.9 Å². The van der Waals surface area contributed by atoms with Crippen LogP contribution in [0.3, 0.4) is 0 Å². The summed E-state index contributed by atoms with van der Waals surface area (Å²) in [7, 11) is -10.2. The van der Waals surface area contributed by atoms with Crippen molar-refractivity contribution in [1.82, 2.24) is 19.5 Å². The van der Waals surface area contributed by atoms with Gasteiger partial charge in [-0.05, 0) is 74.3 Å². The van der Waals surface area contributed by atoms with Gasteiger partial charge in [-0.15, -0.1) is 0 Å². The number of hydrogen-bond donors (Lipinski definition) is 0. The van der Waals surface area contributed by atoms with Crippen LogP contribution in [0.4, 0.5) is 0 Å². The maximum Gasteiger partial charge on any atom is 0.238 e. The first-order chi connectivity index (χ1) is 47.0. The molecule has 0 bridgehead atoms. The topological polar surface area (TPSA) is 43.6 Å². The normalized spacial score (nSPS) is 13.1. The van der Waals surface area contributed by atoms with Crippen molar-refractivity contribution in [1.29, 1.82) is 0 Å². The van der Waals surface area contributed by atoms with E-state index >= 15 is 0 Å². The van der Waals surface area contributed by atoms with Gasteiger partial charge >= 0.3 is 0 Å². The van der Waals surface area contributed by atoms with Gasteiger partial charge in [0.25, 0.3) is 0 Å². The average molecular weight is 1180 g/mol. The minimum Gasteiger partial charge on any atom is -0.278 e. The van der Waals surface area contributed by atoms with Crippen LogP contribution in [0.25, 0.3) is 50.5 Å². The van der Waals surface area contributed by atoms with Gasteiger partial charge in [0.1, 0.15) is 0 Å². The molecule has 4 nitrogen and oxygen atoms in total. The van der Waals surface area contributed by atoms with Crippen LogP contribution in [0.2, 0.25) is 0 Å². The van der Waals surface area contributed by atoms with Gasteiger partial charge in [0.2, 0.25) is 5.95 Å². The van der Waals surface area contributed by atoms with Crippen molar-refractivity contribution in [2.24, 2.45) is 0 Å². The number of benzene rings is 13. The number of aromatic nitrogens is 4. The van der Waals surface area contributed by atoms with Crippen molar-refractivity contribution in [2.75, 3.05) is 0 Å². The third-order valence-corrected chi connectivity index (χ3v) is 31.6. The van der Waals surface area contributed by atoms with Crippen molar-refractivity contribution < 1.29 is 11.0 Å². The van der Waals surface area contributed by atoms with Crippen LogP contribution < -0.4 is 62.2 Å². The molecule has 0 atom stereocenters. The lowest BCUT2D eigenvalue weighted by atomic mass is 10.2. The summed E-state index contributed by atoms with van der Waals surface area (Å²) in [6.45, 7) is 0. The fourth-order valence-corrected chi connectivity index (χ4v) is 28.2. The number of fused-ring (bicyclic) bond motifs is 3. The molecule has 13 aromatic carbocycles. The van der Waals surface area contributed by atoms with E-state index in [1.807, 2.05) is 30.3 Å². The van der Waals surface area contributed by atoms with Gasteiger partial charge < -0.3 is 0 Å². The highest BCUT2D eigenvalue weighted by Gasteiger charge is 2.47. The van der Waals surface area contributed by atoms with E-state index in [0.717, 1.165) is 62.2 Å². The second-order valence-corrected chi connectivity index (χ2v) is 33.4. The van der Waals surface area contributed by atoms with E-state index in [2.05, 4.69) is 285 Å². The third-order valence-electron chi connectivity index (χ3n) is 17.3. The standard InChI is InChI=1S/C81H60N4Si3/c1-10-34-63(35-11-1)86(64-36-12-2-13-37-64,65-38-14-3-15-39-65)72-52-32-33-61(57-72)79-82-80(84-81(83-79)85-77-55-30-28-53-75(77)76-54-29-31-56-78(76)85)62-58-73(87(66-40-16-4-17-41-66,67-42-18-5-19-43-67)68-44-20-6-21-45-68)60-74(59-62)88(69-46-22-7-23-47-69,70-48-24-8-25-49-70)71-50-26-9-27-51-71/h1-60H/i28D,29D,30D,31D,53D,54D,55D,56D. The highest BCUT2D eigenvalue weighted by molar-refractivity contribution is 7.22. The Balaban J connectivity index is 1.14. The molecule has 0 spiro atoms. The van der Waals surface area contributed by atoms with E-state index in [1.165, 1.54) is 4.57 Å². The molecule has 7 heteroatoms. The van der Waals surface area contributed by atoms with E-state index in [4.69, 9.17) is 17.7 Å². The quantitative estimate of drug-likeness (QED) is 0.0759. The average Bonchev–Trinajstić information content (AvgIpc) is 1.44. The van der Waals surface area contributed by atoms with E-state index < -0.39 is 72.6 Å². The Morgan fingerprint density at radius 2 is 0.500 bits per heavy atom. The molecule has 0 aliphatic carbocycles. The fourth-order valence-electron chi connectivity index (χ4n) is 13.6. The van der Waals surface area contributed by atoms with Crippen LogP contribution in [0.5, 0.6) is 0 Å². The molecule has 2 aromatic heterocycles. The van der Waals surface area contributed by atoms with Crippen LogP contribution in [0.1, 0.15) is 11.0 Å². The molecule has 0 saturated carbocycles. The van der Waals surface area contributed by atoms with Crippen molar-refractivity contribution in [3.05, 3.63) is 364 Å². The molecule has 0 aliphatic rings. The molecule has 2 heterocycles. The van der Waals surface area contributed by atoms with Crippen molar-refractivity contribution in [3.63, 3.8) is 0 Å². The zero-order valence-corrected chi connectivity index (χ0v) is 50.8. The molecule has 0 radical (unpaired) electrons. The summed E-state index contributed by atoms with van der Waals surface area (Å²) in [6.07, 6.45) is 0. The van der Waals surface area contributed by atoms with E-state index in [0.29, 0.717) is 11.1 Å². The van der Waals surface area contributed by atoms with Crippen LogP contribution in [0.15, 0.2) is 364 Å². The Kier molecular flexibility index (Phi) is 12.1. The van der Waals surface area contributed by atoms with Crippen LogP contribution in [-0.4, -0.2) is 43.7 Å². The van der Waals surface area contributed by atoms with Gasteiger partial charge in [-0.3, -0.25) is 4.57 Å². The number of nitrogens with zero attached hydrogens (tertiary/aromatic N) is 4. The van der Waals surface area contributed by atoms with Gasteiger partial charge in [-0.25, -0.2) is 4.98 Å². The molecule has 15 rings (SSSR count). The summed E-state index contributed by atoms with van der Waals surface area (Å²) in [6, 6.07) is 108. The fraction of sp³-hybridized carbons (Fsp3) is 0. The van der Waals surface area contributed by atoms with Crippen LogP contribution in [0, 0.1) is 0 Å². The monoisotopic (exact) mass is 1180 g/mol. The van der Waals surface area contributed by atoms with E-state index in [1.54, 1.807) is 0 Å². The Morgan fingerprint density at radius 3 is 0.818 bits per heavy atom. The summed E-state index contributed by atoms with van der Waals surface area (Å²) >= 11 is 0. The predicted octanol–water partition coefficient (Wildman–Crippen LogP) is 10.4. The zero-order chi connectivity index (χ0) is 65.7. The Labute approximate surface area is 528 Å². The molecular formula is C81H60N4Si3. The summed E-state index contributed by atoms with van der Waals surface area (Å²) in [5, 5.41) is 13.2. The molecular weight excluding hydrogens is 1110 g/mol. The van der Waals surface area contributed by atoms with Gasteiger partial charge in [-0.2, -0.15) is 9.97 Å². The van der Waals surface area contributed by atoms with Crippen LogP contribution >= 0.6 is 0 Å². The maximum absolute atomic E-state index is 9.77. The minimum absolute atomic E-state index is 0.0871. The largest absolute Gasteiger partial charge is 0.278 e. The lowest BCUT2D eigenvalue weighted by Gasteiger charge is -2.38. The Hall–Kier alpha value is -10.7. The number of para-hydroxylation sites is 2. The van der Waals surface area contributed by atoms with E-state index in [9.17, 15) is 8.22 Å². The second kappa shape index (κ2) is 23.3. The molecule has 0 unspecified atom stereocenters. The summed E-state index contributed by atoms with van der Waals surface area (Å²) in [4.78, 5) is 16.8. The van der Waals surface area contributed by atoms with Crippen molar-refractivity contribution in [3.8, 4) is 28.7 Å². The zero-order valence-electron chi connectivity index (χ0n) is 55.8. The molecule has 88 heavy (non-hydrogen) atoms. The smallest absolute Gasteiger partial charge is 0.238 e. The Bertz CT molecular complexity index is 4870. The Morgan fingerprint density at radius 1 is 0.239 bits per heavy atom. The molecule has 0 saturated heterocycles. The SMILES string of the molecule is [2H]c1c([2H])c([2H])c2c(c1[2H])c1c([2H])c([2H])c([2H])c([2H])c1n2-c1nc(-c2cccc([Si](c3ccccc3)(c3ccccc3)c3ccccc3)c2)nc(-c2cc([Si](c3ccccc3)(c3ccccc3)c3ccccc3)cc([Si](c3ccccc3)(c3ccccc3)c3ccccc3)c2)n1. The molecule has 0 aliphatic heterocycles. The minimum atomic E-state index is -3.49. The van der Waals surface area contributed by atoms with Crippen molar-refractivity contribution in [2.45, 2.75) is 0 Å². The molecule has 0 fully saturated rings. The lowest BCUT2D eigenvalue weighted by Crippen LogP contribution is -2.78. The first-order valence-corrected chi connectivity index (χ1v) is 35.5. The summed E-state index contributed by atoms with van der Waals surface area (Å²) < 4.78 is 76.4. The van der Waals surface area contributed by atoms with Crippen LogP contribution in [-0.2, 0) is 0 Å². The van der Waals surface area contributed by atoms with Gasteiger partial charge in [-0.1, -0.05) is 352 Å². The first-order valence-electron chi connectivity index (χ1n) is 33.5. The van der Waals surface area contributed by atoms with Gasteiger partial charge in [0.05, 0.1) is 22.0 Å².